The van der Waals surface area contributed by atoms with Crippen molar-refractivity contribution >= 4 is 0 Å². The molecule has 0 saturated heterocycles. The molecule has 1 unspecified atom stereocenters. The van der Waals surface area contributed by atoms with Gasteiger partial charge in [-0.1, -0.05) is 39.0 Å². The first-order valence-electron chi connectivity index (χ1n) is 5.83. The second kappa shape index (κ2) is 11.0. The molecule has 0 aromatic rings. The van der Waals surface area contributed by atoms with E-state index in [1.165, 1.54) is 32.1 Å². The largest absolute Gasteiger partial charge is 0.395 e. The Balaban J connectivity index is 3.02. The summed E-state index contributed by atoms with van der Waals surface area (Å²) >= 11 is 0. The predicted octanol–water partition coefficient (Wildman–Crippen LogP) is 1.64. The van der Waals surface area contributed by atoms with Gasteiger partial charge < -0.3 is 10.2 Å². The van der Waals surface area contributed by atoms with Crippen molar-refractivity contribution in [1.82, 2.24) is 5.32 Å². The van der Waals surface area contributed by atoms with E-state index >= 15 is 0 Å². The highest BCUT2D eigenvalue weighted by Crippen LogP contribution is 2.07. The van der Waals surface area contributed by atoms with Gasteiger partial charge in [0.25, 0.3) is 0 Å². The molecule has 1 atom stereocenters. The van der Waals surface area contributed by atoms with Crippen molar-refractivity contribution in [1.29, 1.82) is 0 Å². The molecule has 0 aliphatic carbocycles. The van der Waals surface area contributed by atoms with Crippen molar-refractivity contribution < 1.29 is 10.2 Å². The highest BCUT2D eigenvalue weighted by molar-refractivity contribution is 4.53. The van der Waals surface area contributed by atoms with Gasteiger partial charge in [-0.25, -0.2) is 0 Å². The summed E-state index contributed by atoms with van der Waals surface area (Å²) in [6.45, 7) is 2.78. The van der Waals surface area contributed by atoms with Crippen molar-refractivity contribution in [3.05, 3.63) is 0 Å². The van der Waals surface area contributed by atoms with Crippen LogP contribution in [0.1, 0.15) is 51.9 Å². The Morgan fingerprint density at radius 2 is 1.71 bits per heavy atom. The lowest BCUT2D eigenvalue weighted by Crippen LogP contribution is -2.30. The van der Waals surface area contributed by atoms with Crippen LogP contribution in [0.5, 0.6) is 0 Å². The second-order valence-corrected chi connectivity index (χ2v) is 3.75. The summed E-state index contributed by atoms with van der Waals surface area (Å²) in [6.07, 6.45) is 7.84. The third-order valence-electron chi connectivity index (χ3n) is 2.32. The third kappa shape index (κ3) is 9.96. The molecule has 0 saturated carbocycles. The van der Waals surface area contributed by atoms with Crippen LogP contribution in [0.3, 0.4) is 0 Å². The van der Waals surface area contributed by atoms with E-state index in [1.54, 1.807) is 0 Å². The molecule has 0 bridgehead atoms. The van der Waals surface area contributed by atoms with E-state index < -0.39 is 6.23 Å². The molecule has 0 aliphatic heterocycles. The SMILES string of the molecule is CCCCCCCCC(O)NCCO. The standard InChI is InChI=1S/C11H25NO2/c1-2-3-4-5-6-7-8-11(14)12-9-10-13/h11-14H,2-10H2,1H3. The van der Waals surface area contributed by atoms with E-state index in [2.05, 4.69) is 12.2 Å². The van der Waals surface area contributed by atoms with Crippen molar-refractivity contribution in [2.75, 3.05) is 13.2 Å². The van der Waals surface area contributed by atoms with Crippen molar-refractivity contribution in [3.63, 3.8) is 0 Å². The zero-order valence-electron chi connectivity index (χ0n) is 9.34. The molecule has 0 heterocycles. The van der Waals surface area contributed by atoms with Crippen LogP contribution in [-0.4, -0.2) is 29.6 Å². The van der Waals surface area contributed by atoms with Crippen LogP contribution in [0.25, 0.3) is 0 Å². The minimum absolute atomic E-state index is 0.0908. The molecular formula is C11H25NO2. The lowest BCUT2D eigenvalue weighted by molar-refractivity contribution is 0.116. The predicted molar refractivity (Wildman–Crippen MR) is 59.1 cm³/mol. The van der Waals surface area contributed by atoms with Gasteiger partial charge >= 0.3 is 0 Å². The molecule has 3 N–H and O–H groups in total. The molecule has 86 valence electrons. The molecule has 0 radical (unpaired) electrons. The Morgan fingerprint density at radius 3 is 2.36 bits per heavy atom. The summed E-state index contributed by atoms with van der Waals surface area (Å²) in [5.41, 5.74) is 0. The smallest absolute Gasteiger partial charge is 0.104 e. The number of nitrogens with one attached hydrogen (secondary N) is 1. The van der Waals surface area contributed by atoms with Gasteiger partial charge in [-0.05, 0) is 12.8 Å². The molecule has 0 amide bonds. The molecule has 0 spiro atoms. The minimum Gasteiger partial charge on any atom is -0.395 e. The topological polar surface area (TPSA) is 52.5 Å². The minimum atomic E-state index is -0.437. The normalized spacial score (nSPS) is 13.1. The first-order valence-corrected chi connectivity index (χ1v) is 5.83. The van der Waals surface area contributed by atoms with Gasteiger partial charge in [-0.3, -0.25) is 5.32 Å². The molecule has 14 heavy (non-hydrogen) atoms. The number of aliphatic hydroxyl groups excluding tert-OH is 2. The summed E-state index contributed by atoms with van der Waals surface area (Å²) < 4.78 is 0. The van der Waals surface area contributed by atoms with E-state index in [-0.39, 0.29) is 6.61 Å². The lowest BCUT2D eigenvalue weighted by Gasteiger charge is -2.11. The van der Waals surface area contributed by atoms with Crippen LogP contribution < -0.4 is 5.32 Å². The van der Waals surface area contributed by atoms with Crippen molar-refractivity contribution in [2.45, 2.75) is 58.1 Å². The first-order chi connectivity index (χ1) is 6.81. The van der Waals surface area contributed by atoms with Gasteiger partial charge in [0, 0.05) is 6.54 Å². The van der Waals surface area contributed by atoms with E-state index in [1.807, 2.05) is 0 Å². The first kappa shape index (κ1) is 13.9. The molecule has 0 aromatic carbocycles. The molecule has 0 fully saturated rings. The average Bonchev–Trinajstić information content (AvgIpc) is 2.20. The zero-order chi connectivity index (χ0) is 10.6. The van der Waals surface area contributed by atoms with Crippen LogP contribution in [-0.2, 0) is 0 Å². The molecule has 0 aromatic heterocycles. The highest BCUT2D eigenvalue weighted by Gasteiger charge is 2.00. The van der Waals surface area contributed by atoms with E-state index in [0.29, 0.717) is 6.54 Å². The summed E-state index contributed by atoms with van der Waals surface area (Å²) in [7, 11) is 0. The Labute approximate surface area is 87.5 Å². The fourth-order valence-electron chi connectivity index (χ4n) is 1.45. The van der Waals surface area contributed by atoms with Crippen LogP contribution in [0.2, 0.25) is 0 Å². The Morgan fingerprint density at radius 1 is 1.07 bits per heavy atom. The van der Waals surface area contributed by atoms with Crippen molar-refractivity contribution in [2.24, 2.45) is 0 Å². The Bertz CT molecular complexity index is 109. The fourth-order valence-corrected chi connectivity index (χ4v) is 1.45. The van der Waals surface area contributed by atoms with Crippen LogP contribution in [0, 0.1) is 0 Å². The lowest BCUT2D eigenvalue weighted by atomic mass is 10.1. The summed E-state index contributed by atoms with van der Waals surface area (Å²) in [5.74, 6) is 0. The third-order valence-corrected chi connectivity index (χ3v) is 2.32. The number of aliphatic hydroxyl groups is 2. The Kier molecular flexibility index (Phi) is 10.9. The number of hydrogen-bond acceptors (Lipinski definition) is 3. The zero-order valence-corrected chi connectivity index (χ0v) is 9.34. The van der Waals surface area contributed by atoms with E-state index in [4.69, 9.17) is 5.11 Å². The van der Waals surface area contributed by atoms with Crippen LogP contribution in [0.4, 0.5) is 0 Å². The van der Waals surface area contributed by atoms with Crippen LogP contribution in [0.15, 0.2) is 0 Å². The van der Waals surface area contributed by atoms with Gasteiger partial charge in [0.05, 0.1) is 6.61 Å². The summed E-state index contributed by atoms with van der Waals surface area (Å²) in [5, 5.41) is 20.7. The molecule has 3 nitrogen and oxygen atoms in total. The summed E-state index contributed by atoms with van der Waals surface area (Å²) in [6, 6.07) is 0. The van der Waals surface area contributed by atoms with Crippen LogP contribution >= 0.6 is 0 Å². The maximum atomic E-state index is 9.36. The van der Waals surface area contributed by atoms with Gasteiger partial charge in [-0.2, -0.15) is 0 Å². The molecule has 0 rings (SSSR count). The maximum absolute atomic E-state index is 9.36. The number of rotatable bonds is 10. The highest BCUT2D eigenvalue weighted by atomic mass is 16.3. The maximum Gasteiger partial charge on any atom is 0.104 e. The monoisotopic (exact) mass is 203 g/mol. The van der Waals surface area contributed by atoms with Crippen molar-refractivity contribution in [3.8, 4) is 0 Å². The Hall–Kier alpha value is -0.120. The van der Waals surface area contributed by atoms with Gasteiger partial charge in [-0.15, -0.1) is 0 Å². The van der Waals surface area contributed by atoms with Gasteiger partial charge in [0.1, 0.15) is 6.23 Å². The molecular weight excluding hydrogens is 178 g/mol. The van der Waals surface area contributed by atoms with Gasteiger partial charge in [0.2, 0.25) is 0 Å². The number of hydrogen-bond donors (Lipinski definition) is 3. The van der Waals surface area contributed by atoms with Gasteiger partial charge in [0.15, 0.2) is 0 Å². The average molecular weight is 203 g/mol. The second-order valence-electron chi connectivity index (χ2n) is 3.75. The quantitative estimate of drug-likeness (QED) is 0.374. The fraction of sp³-hybridized carbons (Fsp3) is 1.00. The van der Waals surface area contributed by atoms with E-state index in [0.717, 1.165) is 12.8 Å². The summed E-state index contributed by atoms with van der Waals surface area (Å²) in [4.78, 5) is 0. The molecule has 3 heteroatoms. The molecule has 0 aliphatic rings. The van der Waals surface area contributed by atoms with E-state index in [9.17, 15) is 5.11 Å². The number of unbranched alkanes of at least 4 members (excludes halogenated alkanes) is 5.